The van der Waals surface area contributed by atoms with Gasteiger partial charge in [0.25, 0.3) is 0 Å². The van der Waals surface area contributed by atoms with Gasteiger partial charge in [-0.2, -0.15) is 0 Å². The lowest BCUT2D eigenvalue weighted by Crippen LogP contribution is -2.51. The van der Waals surface area contributed by atoms with Crippen molar-refractivity contribution in [2.75, 3.05) is 13.2 Å². The average Bonchev–Trinajstić information content (AvgIpc) is 2.72. The molecule has 0 N–H and O–H groups in total. The van der Waals surface area contributed by atoms with Crippen molar-refractivity contribution in [1.82, 2.24) is 4.90 Å². The van der Waals surface area contributed by atoms with Gasteiger partial charge >= 0.3 is 6.09 Å². The highest BCUT2D eigenvalue weighted by Crippen LogP contribution is 2.39. The minimum Gasteiger partial charge on any atom is -0.444 e. The van der Waals surface area contributed by atoms with E-state index in [1.54, 1.807) is 4.90 Å². The van der Waals surface area contributed by atoms with Crippen molar-refractivity contribution in [2.24, 2.45) is 0 Å². The Morgan fingerprint density at radius 2 is 2.31 bits per heavy atom. The van der Waals surface area contributed by atoms with Gasteiger partial charge in [0.2, 0.25) is 0 Å². The summed E-state index contributed by atoms with van der Waals surface area (Å²) in [5, 5.41) is 0. The van der Waals surface area contributed by atoms with Crippen molar-refractivity contribution in [1.29, 1.82) is 0 Å². The second-order valence-corrected chi connectivity index (χ2v) is 5.54. The second-order valence-electron chi connectivity index (χ2n) is 5.54. The molecule has 0 spiro atoms. The molecule has 2 atom stereocenters. The van der Waals surface area contributed by atoms with Crippen molar-refractivity contribution in [3.63, 3.8) is 0 Å². The van der Waals surface area contributed by atoms with Crippen LogP contribution in [0.4, 0.5) is 4.79 Å². The molecule has 2 aliphatic heterocycles. The van der Waals surface area contributed by atoms with Crippen LogP contribution in [-0.4, -0.2) is 41.4 Å². The molecule has 0 aromatic carbocycles. The molecular formula is C12H19NO3. The molecule has 0 saturated carbocycles. The molecular weight excluding hydrogens is 206 g/mol. The van der Waals surface area contributed by atoms with Gasteiger partial charge in [0.05, 0.1) is 24.8 Å². The number of amides is 1. The van der Waals surface area contributed by atoms with Crippen LogP contribution >= 0.6 is 0 Å². The maximum atomic E-state index is 12.0. The highest BCUT2D eigenvalue weighted by Gasteiger charge is 2.53. The minimum absolute atomic E-state index is 0.144. The molecule has 2 bridgehead atoms. The Labute approximate surface area is 96.2 Å². The van der Waals surface area contributed by atoms with Crippen molar-refractivity contribution in [2.45, 2.75) is 44.4 Å². The first-order valence-corrected chi connectivity index (χ1v) is 5.62. The van der Waals surface area contributed by atoms with Crippen molar-refractivity contribution < 1.29 is 14.3 Å². The monoisotopic (exact) mass is 225 g/mol. The van der Waals surface area contributed by atoms with E-state index in [4.69, 9.17) is 9.47 Å². The third-order valence-electron chi connectivity index (χ3n) is 3.07. The number of hydrogen-bond acceptors (Lipinski definition) is 3. The Hall–Kier alpha value is -1.03. The van der Waals surface area contributed by atoms with Crippen LogP contribution < -0.4 is 0 Å². The lowest BCUT2D eigenvalue weighted by molar-refractivity contribution is -0.0228. The van der Waals surface area contributed by atoms with E-state index in [9.17, 15) is 4.79 Å². The Morgan fingerprint density at radius 1 is 1.62 bits per heavy atom. The molecule has 2 saturated heterocycles. The minimum atomic E-state index is -0.456. The zero-order valence-electron chi connectivity index (χ0n) is 10.2. The molecule has 4 nitrogen and oxygen atoms in total. The second kappa shape index (κ2) is 3.48. The first-order chi connectivity index (χ1) is 7.36. The van der Waals surface area contributed by atoms with Gasteiger partial charge in [-0.3, -0.25) is 4.90 Å². The third kappa shape index (κ3) is 1.82. The van der Waals surface area contributed by atoms with Gasteiger partial charge in [0, 0.05) is 6.42 Å². The maximum Gasteiger partial charge on any atom is 0.411 e. The Bertz CT molecular complexity index is 321. The molecule has 0 unspecified atom stereocenters. The molecule has 16 heavy (non-hydrogen) atoms. The van der Waals surface area contributed by atoms with Crippen LogP contribution in [0.15, 0.2) is 12.7 Å². The smallest absolute Gasteiger partial charge is 0.411 e. The fraction of sp³-hybridized carbons (Fsp3) is 0.750. The van der Waals surface area contributed by atoms with Crippen molar-refractivity contribution >= 4 is 6.09 Å². The van der Waals surface area contributed by atoms with Crippen LogP contribution in [0.2, 0.25) is 0 Å². The van der Waals surface area contributed by atoms with Crippen LogP contribution in [0, 0.1) is 0 Å². The van der Waals surface area contributed by atoms with Gasteiger partial charge in [-0.15, -0.1) is 6.58 Å². The standard InChI is InChI=1S/C12H19NO3/c1-5-12-6-9(15-8-12)7-13(12)10(14)16-11(2,3)4/h5,9H,1,6-8H2,2-4H3/t9-,12-/m0/s1. The van der Waals surface area contributed by atoms with Gasteiger partial charge in [-0.05, 0) is 20.8 Å². The van der Waals surface area contributed by atoms with Crippen LogP contribution in [0.25, 0.3) is 0 Å². The van der Waals surface area contributed by atoms with E-state index in [2.05, 4.69) is 6.58 Å². The van der Waals surface area contributed by atoms with Crippen LogP contribution in [-0.2, 0) is 9.47 Å². The summed E-state index contributed by atoms with van der Waals surface area (Å²) >= 11 is 0. The molecule has 2 aliphatic rings. The van der Waals surface area contributed by atoms with Gasteiger partial charge in [-0.1, -0.05) is 6.08 Å². The SMILES string of the molecule is C=C[C@]12CO[C@H](CN1C(=O)OC(C)(C)C)C2. The van der Waals surface area contributed by atoms with Crippen LogP contribution in [0.3, 0.4) is 0 Å². The molecule has 4 heteroatoms. The Morgan fingerprint density at radius 3 is 2.81 bits per heavy atom. The van der Waals surface area contributed by atoms with E-state index in [0.29, 0.717) is 13.2 Å². The number of ether oxygens (including phenoxy) is 2. The molecule has 2 fully saturated rings. The maximum absolute atomic E-state index is 12.0. The molecule has 2 rings (SSSR count). The fourth-order valence-corrected chi connectivity index (χ4v) is 2.29. The van der Waals surface area contributed by atoms with E-state index in [-0.39, 0.29) is 17.7 Å². The number of nitrogens with zero attached hydrogens (tertiary/aromatic N) is 1. The lowest BCUT2D eigenvalue weighted by atomic mass is 10.00. The molecule has 2 heterocycles. The average molecular weight is 225 g/mol. The predicted octanol–water partition coefficient (Wildman–Crippen LogP) is 1.95. The zero-order chi connectivity index (χ0) is 12.0. The molecule has 0 aromatic rings. The topological polar surface area (TPSA) is 38.8 Å². The van der Waals surface area contributed by atoms with Crippen LogP contribution in [0.1, 0.15) is 27.2 Å². The molecule has 0 aromatic heterocycles. The van der Waals surface area contributed by atoms with E-state index in [0.717, 1.165) is 6.42 Å². The Kier molecular flexibility index (Phi) is 2.49. The summed E-state index contributed by atoms with van der Waals surface area (Å²) in [7, 11) is 0. The van der Waals surface area contributed by atoms with E-state index in [1.807, 2.05) is 26.8 Å². The highest BCUT2D eigenvalue weighted by atomic mass is 16.6. The summed E-state index contributed by atoms with van der Waals surface area (Å²) in [6.07, 6.45) is 2.53. The summed E-state index contributed by atoms with van der Waals surface area (Å²) < 4.78 is 10.9. The number of hydrogen-bond donors (Lipinski definition) is 0. The summed E-state index contributed by atoms with van der Waals surface area (Å²) in [5.41, 5.74) is -0.796. The molecule has 90 valence electrons. The van der Waals surface area contributed by atoms with Gasteiger partial charge in [0.1, 0.15) is 5.60 Å². The summed E-state index contributed by atoms with van der Waals surface area (Å²) in [6, 6.07) is 0. The van der Waals surface area contributed by atoms with Crippen LogP contribution in [0.5, 0.6) is 0 Å². The zero-order valence-corrected chi connectivity index (χ0v) is 10.2. The predicted molar refractivity (Wildman–Crippen MR) is 60.2 cm³/mol. The first-order valence-electron chi connectivity index (χ1n) is 5.62. The van der Waals surface area contributed by atoms with Gasteiger partial charge < -0.3 is 9.47 Å². The number of carbonyl (C=O) groups excluding carboxylic acids is 1. The van der Waals surface area contributed by atoms with Crippen molar-refractivity contribution in [3.8, 4) is 0 Å². The summed E-state index contributed by atoms with van der Waals surface area (Å²) in [6.45, 7) is 10.6. The number of fused-ring (bicyclic) bond motifs is 2. The number of rotatable bonds is 1. The lowest BCUT2D eigenvalue weighted by Gasteiger charge is -2.36. The highest BCUT2D eigenvalue weighted by molar-refractivity contribution is 5.70. The number of carbonyl (C=O) groups is 1. The van der Waals surface area contributed by atoms with E-state index in [1.165, 1.54) is 0 Å². The van der Waals surface area contributed by atoms with Crippen molar-refractivity contribution in [3.05, 3.63) is 12.7 Å². The summed E-state index contributed by atoms with van der Waals surface area (Å²) in [4.78, 5) is 13.8. The van der Waals surface area contributed by atoms with E-state index >= 15 is 0 Å². The number of morpholine rings is 1. The normalized spacial score (nSPS) is 32.9. The fourth-order valence-electron chi connectivity index (χ4n) is 2.29. The Balaban J connectivity index is 2.11. The molecule has 0 aliphatic carbocycles. The van der Waals surface area contributed by atoms with Gasteiger partial charge in [0.15, 0.2) is 0 Å². The number of likely N-dealkylation sites (tertiary alicyclic amines) is 1. The van der Waals surface area contributed by atoms with E-state index < -0.39 is 5.60 Å². The quantitative estimate of drug-likeness (QED) is 0.640. The first kappa shape index (κ1) is 11.5. The third-order valence-corrected chi connectivity index (χ3v) is 3.07. The largest absolute Gasteiger partial charge is 0.444 e. The molecule has 1 amide bonds. The van der Waals surface area contributed by atoms with Gasteiger partial charge in [-0.25, -0.2) is 4.79 Å². The molecule has 0 radical (unpaired) electrons. The summed E-state index contributed by atoms with van der Waals surface area (Å²) in [5.74, 6) is 0.